The van der Waals surface area contributed by atoms with Crippen molar-refractivity contribution in [2.45, 2.75) is 0 Å². The third-order valence-electron chi connectivity index (χ3n) is 4.50. The van der Waals surface area contributed by atoms with E-state index in [0.29, 0.717) is 12.5 Å². The first kappa shape index (κ1) is 24.8. The molecule has 0 saturated carbocycles. The Bertz CT molecular complexity index is 1410. The summed E-state index contributed by atoms with van der Waals surface area (Å²) in [7, 11) is 0. The molecule has 0 aliphatic rings. The van der Waals surface area contributed by atoms with Crippen molar-refractivity contribution in [3.8, 4) is 12.1 Å². The van der Waals surface area contributed by atoms with Crippen molar-refractivity contribution >= 4 is 22.9 Å². The van der Waals surface area contributed by atoms with E-state index in [4.69, 9.17) is 10.5 Å². The second-order valence-electron chi connectivity index (χ2n) is 6.75. The van der Waals surface area contributed by atoms with Gasteiger partial charge in [-0.2, -0.15) is 10.5 Å². The lowest BCUT2D eigenvalue weighted by Gasteiger charge is -2.03. The van der Waals surface area contributed by atoms with Gasteiger partial charge in [0.15, 0.2) is 11.4 Å². The Morgan fingerprint density at radius 3 is 1.50 bits per heavy atom. The molecule has 3 aromatic rings. The number of aliphatic hydroxyl groups excluding tert-OH is 2. The van der Waals surface area contributed by atoms with Crippen molar-refractivity contribution in [1.29, 1.82) is 10.5 Å². The van der Waals surface area contributed by atoms with Gasteiger partial charge in [0.2, 0.25) is 11.6 Å². The molecule has 1 heterocycles. The molecule has 1 aromatic heterocycles. The van der Waals surface area contributed by atoms with Crippen molar-refractivity contribution in [2.24, 2.45) is 20.5 Å². The minimum Gasteiger partial charge on any atom is -0.513 e. The van der Waals surface area contributed by atoms with Gasteiger partial charge in [-0.25, -0.2) is 4.98 Å². The van der Waals surface area contributed by atoms with Gasteiger partial charge in [-0.1, -0.05) is 30.3 Å². The number of aromatic nitrogens is 1. The van der Waals surface area contributed by atoms with E-state index in [1.54, 1.807) is 24.3 Å². The highest BCUT2D eigenvalue weighted by atomic mass is 16.2. The number of aliphatic hydroxyl groups is 2. The highest BCUT2D eigenvalue weighted by Crippen LogP contribution is 2.21. The number of rotatable bonds is 8. The first-order valence-corrected chi connectivity index (χ1v) is 10.1. The Balaban J connectivity index is 1.84. The molecule has 0 aliphatic carbocycles. The number of pyridine rings is 1. The Labute approximate surface area is 204 Å². The van der Waals surface area contributed by atoms with Crippen molar-refractivity contribution < 1.29 is 19.8 Å². The minimum atomic E-state index is -0.857. The number of nitriles is 2. The first-order chi connectivity index (χ1) is 17.5. The Morgan fingerprint density at radius 2 is 1.11 bits per heavy atom. The van der Waals surface area contributed by atoms with Crippen molar-refractivity contribution in [1.82, 2.24) is 4.98 Å². The van der Waals surface area contributed by atoms with Gasteiger partial charge in [0.1, 0.15) is 47.4 Å². The summed E-state index contributed by atoms with van der Waals surface area (Å²) < 4.78 is 0. The summed E-state index contributed by atoms with van der Waals surface area (Å²) in [4.78, 5) is 29.6. The quantitative estimate of drug-likeness (QED) is 0.184. The molecule has 2 N–H and O–H groups in total. The normalized spacial score (nSPS) is 11.8. The van der Waals surface area contributed by atoms with Crippen molar-refractivity contribution in [3.05, 3.63) is 113 Å². The van der Waals surface area contributed by atoms with Crippen LogP contribution in [-0.4, -0.2) is 26.8 Å². The molecule has 0 atom stereocenters. The Hall–Kier alpha value is -5.81. The maximum atomic E-state index is 12.8. The highest BCUT2D eigenvalue weighted by Gasteiger charge is 2.19. The number of ketones is 2. The van der Waals surface area contributed by atoms with Crippen LogP contribution in [0.25, 0.3) is 0 Å². The average molecular weight is 477 g/mol. The molecule has 11 heteroatoms. The number of hydrogen-bond donors (Lipinski definition) is 2. The monoisotopic (exact) mass is 477 g/mol. The van der Waals surface area contributed by atoms with Crippen molar-refractivity contribution in [3.63, 3.8) is 0 Å². The van der Waals surface area contributed by atoms with Gasteiger partial charge in [0.25, 0.3) is 0 Å². The summed E-state index contributed by atoms with van der Waals surface area (Å²) >= 11 is 0. The number of benzene rings is 2. The molecule has 11 nitrogen and oxygen atoms in total. The van der Waals surface area contributed by atoms with Gasteiger partial charge in [0.05, 0.1) is 11.1 Å². The topological polar surface area (TPSA) is 185 Å². The summed E-state index contributed by atoms with van der Waals surface area (Å²) in [5.41, 5.74) is -0.695. The van der Waals surface area contributed by atoms with E-state index in [1.807, 2.05) is 12.1 Å². The van der Waals surface area contributed by atoms with E-state index >= 15 is 0 Å². The van der Waals surface area contributed by atoms with Gasteiger partial charge in [-0.05, 0) is 36.4 Å². The lowest BCUT2D eigenvalue weighted by atomic mass is 10.1. The van der Waals surface area contributed by atoms with Crippen LogP contribution in [0.3, 0.4) is 0 Å². The third-order valence-corrected chi connectivity index (χ3v) is 4.50. The molecule has 0 unspecified atom stereocenters. The summed E-state index contributed by atoms with van der Waals surface area (Å²) in [5.74, 6) is -1.71. The van der Waals surface area contributed by atoms with E-state index < -0.39 is 23.0 Å². The molecular weight excluding hydrogens is 462 g/mol. The van der Waals surface area contributed by atoms with Crippen LogP contribution in [0.5, 0.6) is 0 Å². The fraction of sp³-hybridized carbons (Fsp3) is 0. The number of carbonyl (C=O) groups is 2. The molecule has 0 spiro atoms. The van der Waals surface area contributed by atoms with E-state index in [2.05, 4.69) is 25.4 Å². The van der Waals surface area contributed by atoms with Crippen LogP contribution < -0.4 is 0 Å². The fourth-order valence-electron chi connectivity index (χ4n) is 2.74. The van der Waals surface area contributed by atoms with Crippen LogP contribution in [0.2, 0.25) is 0 Å². The zero-order valence-electron chi connectivity index (χ0n) is 18.3. The molecule has 0 bridgehead atoms. The van der Waals surface area contributed by atoms with Gasteiger partial charge in [-0.3, -0.25) is 9.59 Å². The lowest BCUT2D eigenvalue weighted by molar-refractivity contribution is 0.102. The van der Waals surface area contributed by atoms with Crippen LogP contribution in [-0.2, 0) is 0 Å². The first-order valence-electron chi connectivity index (χ1n) is 10.1. The maximum Gasteiger partial charge on any atom is 0.234 e. The molecule has 36 heavy (non-hydrogen) atoms. The zero-order chi connectivity index (χ0) is 25.9. The van der Waals surface area contributed by atoms with E-state index in [1.165, 1.54) is 42.5 Å². The number of carbonyl (C=O) groups excluding carboxylic acids is 2. The standard InChI is InChI=1S/C25H15N7O4/c26-12-16-6-1-3-8-18(16)29-31-22(14-33)24(35)20-10-5-11-21(28-20)25(36)23(15-34)32-30-19-9-4-2-7-17(19)13-27/h1-11,14-15,33-34H. The number of Topliss-reactive ketones (excluding diaryl/α,β-unsaturated/α-hetero) is 2. The molecule has 174 valence electrons. The second kappa shape index (κ2) is 11.9. The van der Waals surface area contributed by atoms with Crippen LogP contribution in [0.15, 0.2) is 111 Å². The summed E-state index contributed by atoms with van der Waals surface area (Å²) in [6.07, 6.45) is 0.855. The molecule has 2 aromatic carbocycles. The van der Waals surface area contributed by atoms with Crippen LogP contribution >= 0.6 is 0 Å². The van der Waals surface area contributed by atoms with Gasteiger partial charge in [0, 0.05) is 0 Å². The Morgan fingerprint density at radius 1 is 0.694 bits per heavy atom. The Kier molecular flexibility index (Phi) is 8.19. The molecule has 0 radical (unpaired) electrons. The molecule has 3 rings (SSSR count). The van der Waals surface area contributed by atoms with Crippen LogP contribution in [0.4, 0.5) is 11.4 Å². The number of nitrogens with zero attached hydrogens (tertiary/aromatic N) is 7. The summed E-state index contributed by atoms with van der Waals surface area (Å²) in [6.45, 7) is 0. The zero-order valence-corrected chi connectivity index (χ0v) is 18.3. The van der Waals surface area contributed by atoms with Gasteiger partial charge >= 0.3 is 0 Å². The predicted molar refractivity (Wildman–Crippen MR) is 126 cm³/mol. The molecule has 0 fully saturated rings. The number of hydrogen-bond acceptors (Lipinski definition) is 11. The minimum absolute atomic E-state index is 0.185. The molecule has 0 saturated heterocycles. The number of allylic oxidation sites excluding steroid dienone is 2. The smallest absolute Gasteiger partial charge is 0.234 e. The summed E-state index contributed by atoms with van der Waals surface area (Å²) in [6, 6.07) is 20.3. The van der Waals surface area contributed by atoms with Gasteiger partial charge < -0.3 is 10.2 Å². The molecule has 0 aliphatic heterocycles. The fourth-order valence-corrected chi connectivity index (χ4v) is 2.74. The molecular formula is C25H15N7O4. The third kappa shape index (κ3) is 5.75. The average Bonchev–Trinajstić information content (AvgIpc) is 2.93. The molecule has 0 amide bonds. The summed E-state index contributed by atoms with van der Waals surface area (Å²) in [5, 5.41) is 52.3. The van der Waals surface area contributed by atoms with Crippen LogP contribution in [0, 0.1) is 22.7 Å². The second-order valence-corrected chi connectivity index (χ2v) is 6.75. The van der Waals surface area contributed by atoms with Gasteiger partial charge in [-0.15, -0.1) is 20.5 Å². The predicted octanol–water partition coefficient (Wildman–Crippen LogP) is 5.56. The SMILES string of the molecule is N#Cc1ccccc1N=NC(=CO)C(=O)c1cccc(C(=O)C(=CO)N=Nc2ccccc2C#N)n1. The van der Waals surface area contributed by atoms with E-state index in [-0.39, 0.29) is 33.9 Å². The van der Waals surface area contributed by atoms with E-state index in [0.717, 1.165) is 0 Å². The maximum absolute atomic E-state index is 12.8. The lowest BCUT2D eigenvalue weighted by Crippen LogP contribution is -2.10. The largest absolute Gasteiger partial charge is 0.513 e. The van der Waals surface area contributed by atoms with Crippen LogP contribution in [0.1, 0.15) is 32.1 Å². The highest BCUT2D eigenvalue weighted by molar-refractivity contribution is 6.10. The van der Waals surface area contributed by atoms with Crippen molar-refractivity contribution in [2.75, 3.05) is 0 Å². The van der Waals surface area contributed by atoms with E-state index in [9.17, 15) is 19.8 Å². The number of azo groups is 2.